The number of methoxy groups -OCH3 is 1. The van der Waals surface area contributed by atoms with E-state index >= 15 is 0 Å². The van der Waals surface area contributed by atoms with Gasteiger partial charge in [-0.2, -0.15) is 5.06 Å². The first-order chi connectivity index (χ1) is 33.4. The summed E-state index contributed by atoms with van der Waals surface area (Å²) in [6.45, 7) is 1.80. The van der Waals surface area contributed by atoms with Crippen LogP contribution in [-0.2, 0) is 62.6 Å². The SMILES string of the molecule is CO[C@H]1O[C@H](CON2C[C@H](COCc3ccccc3)[C@@H](OCc3ccccc3)[C@H](OCc3ccccc3)C2)[C@@H](OC(=O)c2ccccc2)[C@H](OC(=O)c2ccccc2)[C@H]1OC(=O)c1ccccc1. The molecule has 0 spiro atoms. The Morgan fingerprint density at radius 1 is 0.485 bits per heavy atom. The lowest BCUT2D eigenvalue weighted by molar-refractivity contribution is -0.314. The van der Waals surface area contributed by atoms with Gasteiger partial charge in [0.25, 0.3) is 0 Å². The number of ether oxygens (including phenoxy) is 8. The summed E-state index contributed by atoms with van der Waals surface area (Å²) in [7, 11) is 1.38. The van der Waals surface area contributed by atoms with Gasteiger partial charge >= 0.3 is 17.9 Å². The molecule has 0 radical (unpaired) electrons. The van der Waals surface area contributed by atoms with Crippen molar-refractivity contribution in [1.29, 1.82) is 0 Å². The second-order valence-corrected chi connectivity index (χ2v) is 16.5. The summed E-state index contributed by atoms with van der Waals surface area (Å²) in [4.78, 5) is 48.3. The Morgan fingerprint density at radius 2 is 0.912 bits per heavy atom. The molecule has 0 N–H and O–H groups in total. The fraction of sp³-hybridized carbons (Fsp3) is 0.291. The van der Waals surface area contributed by atoms with Gasteiger partial charge < -0.3 is 37.9 Å². The third-order valence-electron chi connectivity index (χ3n) is 11.7. The van der Waals surface area contributed by atoms with Gasteiger partial charge in [0.05, 0.1) is 68.5 Å². The summed E-state index contributed by atoms with van der Waals surface area (Å²) in [6, 6.07) is 54.9. The van der Waals surface area contributed by atoms with Gasteiger partial charge in [-0.15, -0.1) is 0 Å². The van der Waals surface area contributed by atoms with Gasteiger partial charge in [0.1, 0.15) is 6.10 Å². The molecule has 0 aliphatic carbocycles. The van der Waals surface area contributed by atoms with Crippen molar-refractivity contribution in [2.75, 3.05) is 33.4 Å². The number of carbonyl (C=O) groups is 3. The molecular weight excluding hydrogens is 867 g/mol. The zero-order chi connectivity index (χ0) is 46.9. The first kappa shape index (κ1) is 47.9. The van der Waals surface area contributed by atoms with E-state index in [0.717, 1.165) is 16.7 Å². The molecule has 2 aliphatic rings. The van der Waals surface area contributed by atoms with Crippen molar-refractivity contribution in [2.45, 2.75) is 62.7 Å². The van der Waals surface area contributed by atoms with Crippen molar-refractivity contribution in [2.24, 2.45) is 5.92 Å². The average Bonchev–Trinajstić information content (AvgIpc) is 3.39. The van der Waals surface area contributed by atoms with Crippen LogP contribution in [0.3, 0.4) is 0 Å². The number of benzene rings is 6. The van der Waals surface area contributed by atoms with Crippen molar-refractivity contribution in [3.05, 3.63) is 215 Å². The molecule has 6 aromatic carbocycles. The first-order valence-electron chi connectivity index (χ1n) is 22.7. The number of hydrogen-bond donors (Lipinski definition) is 0. The second kappa shape index (κ2) is 24.5. The molecule has 0 aromatic heterocycles. The number of carbonyl (C=O) groups excluding carboxylic acids is 3. The Labute approximate surface area is 396 Å². The molecule has 352 valence electrons. The van der Waals surface area contributed by atoms with E-state index in [4.69, 9.17) is 42.7 Å². The summed E-state index contributed by atoms with van der Waals surface area (Å²) in [5, 5.41) is 1.78. The lowest BCUT2D eigenvalue weighted by Gasteiger charge is -2.45. The zero-order valence-corrected chi connectivity index (χ0v) is 37.7. The Morgan fingerprint density at radius 3 is 1.40 bits per heavy atom. The molecule has 13 nitrogen and oxygen atoms in total. The van der Waals surface area contributed by atoms with E-state index in [2.05, 4.69) is 0 Å². The third kappa shape index (κ3) is 13.1. The average molecular weight is 922 g/mol. The monoisotopic (exact) mass is 921 g/mol. The highest BCUT2D eigenvalue weighted by atomic mass is 16.7. The van der Waals surface area contributed by atoms with Gasteiger partial charge in [0.15, 0.2) is 24.6 Å². The standard InChI is InChI=1S/C55H55NO12/c1-60-55-51(68-54(59)44-30-18-7-19-31-44)50(67-53(58)43-28-16-6-17-29-43)49(66-52(57)42-26-14-5-15-27-42)47(65-55)38-64-56-32-45(37-61-34-39-20-8-2-9-21-39)48(63-36-41-24-12-4-13-25-41)46(33-56)62-35-40-22-10-3-11-23-40/h2-31,45-51,55H,32-38H2,1H3/t45-,46-,47-,48-,49-,50+,51-,55+/m1/s1. The third-order valence-corrected chi connectivity index (χ3v) is 11.7. The maximum Gasteiger partial charge on any atom is 0.338 e. The molecule has 13 heteroatoms. The van der Waals surface area contributed by atoms with E-state index in [1.807, 2.05) is 91.0 Å². The number of hydrogen-bond acceptors (Lipinski definition) is 13. The summed E-state index contributed by atoms with van der Waals surface area (Å²) < 4.78 is 50.7. The molecule has 2 fully saturated rings. The maximum atomic E-state index is 14.0. The molecule has 2 heterocycles. The van der Waals surface area contributed by atoms with Gasteiger partial charge in [-0.05, 0) is 53.1 Å². The number of hydroxylamine groups is 2. The topological polar surface area (TPSA) is 138 Å². The molecule has 8 atom stereocenters. The summed E-state index contributed by atoms with van der Waals surface area (Å²) >= 11 is 0. The van der Waals surface area contributed by atoms with E-state index < -0.39 is 60.8 Å². The Balaban J connectivity index is 1.09. The van der Waals surface area contributed by atoms with Gasteiger partial charge in [0, 0.05) is 19.6 Å². The Hall–Kier alpha value is -6.55. The van der Waals surface area contributed by atoms with Crippen LogP contribution >= 0.6 is 0 Å². The minimum absolute atomic E-state index is 0.218. The quantitative estimate of drug-likeness (QED) is 0.0537. The number of piperidine rings is 1. The molecule has 8 rings (SSSR count). The van der Waals surface area contributed by atoms with Gasteiger partial charge in [-0.25, -0.2) is 14.4 Å². The predicted molar refractivity (Wildman–Crippen MR) is 250 cm³/mol. The van der Waals surface area contributed by atoms with Crippen LogP contribution in [0.5, 0.6) is 0 Å². The van der Waals surface area contributed by atoms with Crippen LogP contribution in [0.25, 0.3) is 0 Å². The first-order valence-corrected chi connectivity index (χ1v) is 22.7. The van der Waals surface area contributed by atoms with Crippen LogP contribution in [0.1, 0.15) is 47.8 Å². The molecule has 6 aromatic rings. The lowest BCUT2D eigenvalue weighted by atomic mass is 9.93. The van der Waals surface area contributed by atoms with Crippen LogP contribution in [0.15, 0.2) is 182 Å². The van der Waals surface area contributed by atoms with Crippen molar-refractivity contribution in [1.82, 2.24) is 5.06 Å². The maximum absolute atomic E-state index is 14.0. The second-order valence-electron chi connectivity index (χ2n) is 16.5. The van der Waals surface area contributed by atoms with Crippen LogP contribution < -0.4 is 0 Å². The Kier molecular flexibility index (Phi) is 17.2. The van der Waals surface area contributed by atoms with Gasteiger partial charge in [0.2, 0.25) is 0 Å². The summed E-state index contributed by atoms with van der Waals surface area (Å²) in [5.41, 5.74) is 3.74. The number of nitrogens with zero attached hydrogens (tertiary/aromatic N) is 1. The normalized spacial score (nSPS) is 22.7. The Bertz CT molecular complexity index is 2450. The molecule has 68 heavy (non-hydrogen) atoms. The smallest absolute Gasteiger partial charge is 0.338 e. The highest BCUT2D eigenvalue weighted by molar-refractivity contribution is 5.91. The summed E-state index contributed by atoms with van der Waals surface area (Å²) in [5.74, 6) is -2.45. The van der Waals surface area contributed by atoms with Crippen molar-refractivity contribution < 1.29 is 57.1 Å². The van der Waals surface area contributed by atoms with Gasteiger partial charge in [-0.3, -0.25) is 4.84 Å². The van der Waals surface area contributed by atoms with Crippen LogP contribution in [0, 0.1) is 5.92 Å². The molecule has 2 saturated heterocycles. The summed E-state index contributed by atoms with van der Waals surface area (Å²) in [6.07, 6.45) is -7.54. The van der Waals surface area contributed by atoms with E-state index in [1.165, 1.54) is 7.11 Å². The van der Waals surface area contributed by atoms with Crippen LogP contribution in [0.2, 0.25) is 0 Å². The van der Waals surface area contributed by atoms with Crippen molar-refractivity contribution in [3.63, 3.8) is 0 Å². The molecule has 0 unspecified atom stereocenters. The fourth-order valence-corrected chi connectivity index (χ4v) is 8.22. The molecule has 0 saturated carbocycles. The minimum atomic E-state index is -1.44. The van der Waals surface area contributed by atoms with Crippen LogP contribution in [0.4, 0.5) is 0 Å². The van der Waals surface area contributed by atoms with Gasteiger partial charge in [-0.1, -0.05) is 146 Å². The minimum Gasteiger partial charge on any atom is -0.452 e. The number of esters is 3. The number of rotatable bonds is 20. The van der Waals surface area contributed by atoms with E-state index in [1.54, 1.807) is 96.1 Å². The molecule has 0 amide bonds. The lowest BCUT2D eigenvalue weighted by Crippen LogP contribution is -2.63. The van der Waals surface area contributed by atoms with Crippen LogP contribution in [-0.4, -0.2) is 99.3 Å². The highest BCUT2D eigenvalue weighted by Gasteiger charge is 2.53. The molecular formula is C55H55NO12. The van der Waals surface area contributed by atoms with Crippen molar-refractivity contribution in [3.8, 4) is 0 Å². The van der Waals surface area contributed by atoms with E-state index in [0.29, 0.717) is 33.0 Å². The fourth-order valence-electron chi connectivity index (χ4n) is 8.22. The zero-order valence-electron chi connectivity index (χ0n) is 37.7. The van der Waals surface area contributed by atoms with E-state index in [-0.39, 0.29) is 35.8 Å². The van der Waals surface area contributed by atoms with E-state index in [9.17, 15) is 14.4 Å². The predicted octanol–water partition coefficient (Wildman–Crippen LogP) is 8.29. The molecule has 0 bridgehead atoms. The highest BCUT2D eigenvalue weighted by Crippen LogP contribution is 2.33. The largest absolute Gasteiger partial charge is 0.452 e. The van der Waals surface area contributed by atoms with Crippen molar-refractivity contribution >= 4 is 17.9 Å². The molecule has 2 aliphatic heterocycles.